The molecule has 0 aliphatic heterocycles. The van der Waals surface area contributed by atoms with Crippen molar-refractivity contribution in [1.29, 1.82) is 0 Å². The average molecular weight is 353 g/mol. The van der Waals surface area contributed by atoms with Crippen LogP contribution in [0.5, 0.6) is 0 Å². The lowest BCUT2D eigenvalue weighted by atomic mass is 10.2. The Morgan fingerprint density at radius 1 is 1.25 bits per heavy atom. The van der Waals surface area contributed by atoms with Gasteiger partial charge in [0.1, 0.15) is 5.52 Å². The molecule has 0 aliphatic carbocycles. The Labute approximate surface area is 127 Å². The lowest BCUT2D eigenvalue weighted by Gasteiger charge is -2.00. The third kappa shape index (κ3) is 2.09. The number of hydrogen-bond donors (Lipinski definition) is 1. The molecular weight excluding hydrogens is 346 g/mol. The highest BCUT2D eigenvalue weighted by atomic mass is 79.9. The van der Waals surface area contributed by atoms with Gasteiger partial charge in [-0.1, -0.05) is 23.7 Å². The summed E-state index contributed by atoms with van der Waals surface area (Å²) in [6.45, 7) is 0. The summed E-state index contributed by atoms with van der Waals surface area (Å²) in [7, 11) is 0. The van der Waals surface area contributed by atoms with E-state index in [-0.39, 0.29) is 5.56 Å². The summed E-state index contributed by atoms with van der Waals surface area (Å²) < 4.78 is 6.32. The maximum Gasteiger partial charge on any atom is 0.338 e. The first kappa shape index (κ1) is 13.1. The molecule has 1 heterocycles. The molecule has 4 nitrogen and oxygen atoms in total. The number of oxazole rings is 1. The Balaban J connectivity index is 2.26. The number of fused-ring (bicyclic) bond motifs is 1. The lowest BCUT2D eigenvalue weighted by molar-refractivity contribution is 0.0699. The number of aromatic nitrogens is 1. The van der Waals surface area contributed by atoms with E-state index in [1.54, 1.807) is 30.3 Å². The number of aromatic carboxylic acids is 1. The summed E-state index contributed by atoms with van der Waals surface area (Å²) in [6.07, 6.45) is 0. The fraction of sp³-hybridized carbons (Fsp3) is 0. The zero-order chi connectivity index (χ0) is 14.3. The Hall–Kier alpha value is -1.85. The van der Waals surface area contributed by atoms with E-state index in [4.69, 9.17) is 21.1 Å². The first-order valence-electron chi connectivity index (χ1n) is 5.65. The van der Waals surface area contributed by atoms with Gasteiger partial charge in [-0.2, -0.15) is 0 Å². The van der Waals surface area contributed by atoms with Crippen LogP contribution in [0, 0.1) is 0 Å². The van der Waals surface area contributed by atoms with Crippen LogP contribution in [0.1, 0.15) is 10.4 Å². The van der Waals surface area contributed by atoms with Crippen LogP contribution in [0.3, 0.4) is 0 Å². The van der Waals surface area contributed by atoms with Gasteiger partial charge in [0.15, 0.2) is 5.58 Å². The number of rotatable bonds is 2. The second-order valence-electron chi connectivity index (χ2n) is 4.08. The summed E-state index contributed by atoms with van der Waals surface area (Å²) in [5, 5.41) is 9.61. The largest absolute Gasteiger partial charge is 0.478 e. The van der Waals surface area contributed by atoms with Crippen molar-refractivity contribution in [2.75, 3.05) is 0 Å². The minimum Gasteiger partial charge on any atom is -0.478 e. The van der Waals surface area contributed by atoms with E-state index >= 15 is 0 Å². The Morgan fingerprint density at radius 2 is 2.00 bits per heavy atom. The molecule has 100 valence electrons. The van der Waals surface area contributed by atoms with Gasteiger partial charge in [-0.25, -0.2) is 9.78 Å². The normalized spacial score (nSPS) is 10.9. The van der Waals surface area contributed by atoms with Crippen molar-refractivity contribution in [2.45, 2.75) is 0 Å². The molecule has 0 saturated carbocycles. The highest BCUT2D eigenvalue weighted by molar-refractivity contribution is 9.10. The van der Waals surface area contributed by atoms with Crippen LogP contribution in [-0.2, 0) is 0 Å². The van der Waals surface area contributed by atoms with Crippen molar-refractivity contribution in [3.8, 4) is 11.5 Å². The first-order valence-corrected chi connectivity index (χ1v) is 6.82. The van der Waals surface area contributed by atoms with E-state index in [0.717, 1.165) is 4.47 Å². The summed E-state index contributed by atoms with van der Waals surface area (Å²) in [6, 6.07) is 10.1. The fourth-order valence-electron chi connectivity index (χ4n) is 1.91. The molecule has 0 fully saturated rings. The zero-order valence-corrected chi connectivity index (χ0v) is 12.3. The second-order valence-corrected chi connectivity index (χ2v) is 5.31. The molecule has 0 radical (unpaired) electrons. The van der Waals surface area contributed by atoms with E-state index in [1.807, 2.05) is 0 Å². The molecule has 0 bridgehead atoms. The van der Waals surface area contributed by atoms with Crippen molar-refractivity contribution in [3.05, 3.63) is 51.5 Å². The molecular formula is C14H7BrClNO3. The van der Waals surface area contributed by atoms with Gasteiger partial charge < -0.3 is 9.52 Å². The van der Waals surface area contributed by atoms with Gasteiger partial charge in [0.05, 0.1) is 16.1 Å². The molecule has 20 heavy (non-hydrogen) atoms. The predicted octanol–water partition coefficient (Wildman–Crippen LogP) is 4.61. The van der Waals surface area contributed by atoms with E-state index in [1.165, 1.54) is 6.07 Å². The van der Waals surface area contributed by atoms with E-state index in [9.17, 15) is 4.79 Å². The Morgan fingerprint density at radius 3 is 2.75 bits per heavy atom. The number of hydrogen-bond acceptors (Lipinski definition) is 3. The molecule has 1 N–H and O–H groups in total. The number of carboxylic acid groups (broad SMARTS) is 1. The standard InChI is InChI=1S/C14H7BrClNO3/c15-9-5-1-3-7(11(9)16)13-17-12-8(14(18)19)4-2-6-10(12)20-13/h1-6H,(H,18,19). The number of nitrogens with zero attached hydrogens (tertiary/aromatic N) is 1. The molecule has 6 heteroatoms. The number of carboxylic acids is 1. The van der Waals surface area contributed by atoms with E-state index < -0.39 is 5.97 Å². The van der Waals surface area contributed by atoms with E-state index in [0.29, 0.717) is 27.6 Å². The second kappa shape index (κ2) is 4.92. The molecule has 0 aliphatic rings. The fourth-order valence-corrected chi connectivity index (χ4v) is 2.48. The highest BCUT2D eigenvalue weighted by Gasteiger charge is 2.17. The van der Waals surface area contributed by atoms with Crippen LogP contribution in [0.25, 0.3) is 22.6 Å². The lowest BCUT2D eigenvalue weighted by Crippen LogP contribution is -1.96. The molecule has 0 amide bonds. The number of carbonyl (C=O) groups is 1. The van der Waals surface area contributed by atoms with Gasteiger partial charge in [0, 0.05) is 4.47 Å². The first-order chi connectivity index (χ1) is 9.58. The van der Waals surface area contributed by atoms with Gasteiger partial charge in [0.2, 0.25) is 5.89 Å². The van der Waals surface area contributed by atoms with Crippen molar-refractivity contribution < 1.29 is 14.3 Å². The Kier molecular flexibility index (Phi) is 3.23. The van der Waals surface area contributed by atoms with Gasteiger partial charge >= 0.3 is 5.97 Å². The van der Waals surface area contributed by atoms with Gasteiger partial charge in [-0.3, -0.25) is 0 Å². The molecule has 2 aromatic carbocycles. The predicted molar refractivity (Wildman–Crippen MR) is 79.1 cm³/mol. The minimum absolute atomic E-state index is 0.101. The molecule has 0 atom stereocenters. The van der Waals surface area contributed by atoms with Crippen molar-refractivity contribution in [2.24, 2.45) is 0 Å². The summed E-state index contributed by atoms with van der Waals surface area (Å²) in [5.41, 5.74) is 1.43. The van der Waals surface area contributed by atoms with Crippen LogP contribution in [0.15, 0.2) is 45.3 Å². The quantitative estimate of drug-likeness (QED) is 0.731. The summed E-state index contributed by atoms with van der Waals surface area (Å²) in [4.78, 5) is 15.4. The van der Waals surface area contributed by atoms with Crippen LogP contribution < -0.4 is 0 Å². The number of para-hydroxylation sites is 1. The SMILES string of the molecule is O=C(O)c1cccc2oc(-c3cccc(Br)c3Cl)nc12. The van der Waals surface area contributed by atoms with Crippen LogP contribution >= 0.6 is 27.5 Å². The molecule has 1 aromatic heterocycles. The summed E-state index contributed by atoms with van der Waals surface area (Å²) in [5.74, 6) is -0.754. The minimum atomic E-state index is -1.05. The molecule has 0 unspecified atom stereocenters. The monoisotopic (exact) mass is 351 g/mol. The van der Waals surface area contributed by atoms with Crippen LogP contribution in [-0.4, -0.2) is 16.1 Å². The average Bonchev–Trinajstić information content (AvgIpc) is 2.84. The maximum absolute atomic E-state index is 11.2. The van der Waals surface area contributed by atoms with Crippen LogP contribution in [0.4, 0.5) is 0 Å². The molecule has 0 spiro atoms. The van der Waals surface area contributed by atoms with Crippen molar-refractivity contribution in [1.82, 2.24) is 4.98 Å². The van der Waals surface area contributed by atoms with Crippen LogP contribution in [0.2, 0.25) is 5.02 Å². The van der Waals surface area contributed by atoms with Gasteiger partial charge in [-0.05, 0) is 40.2 Å². The molecule has 3 rings (SSSR count). The summed E-state index contributed by atoms with van der Waals surface area (Å²) >= 11 is 9.52. The van der Waals surface area contributed by atoms with Crippen molar-refractivity contribution in [3.63, 3.8) is 0 Å². The zero-order valence-electron chi connectivity index (χ0n) is 9.93. The topological polar surface area (TPSA) is 63.3 Å². The van der Waals surface area contributed by atoms with Gasteiger partial charge in [-0.15, -0.1) is 0 Å². The number of benzene rings is 2. The smallest absolute Gasteiger partial charge is 0.338 e. The third-order valence-corrected chi connectivity index (χ3v) is 4.13. The highest BCUT2D eigenvalue weighted by Crippen LogP contribution is 2.35. The maximum atomic E-state index is 11.2. The van der Waals surface area contributed by atoms with Gasteiger partial charge in [0.25, 0.3) is 0 Å². The number of halogens is 2. The van der Waals surface area contributed by atoms with E-state index in [2.05, 4.69) is 20.9 Å². The molecule has 0 saturated heterocycles. The Bertz CT molecular complexity index is 828. The third-order valence-electron chi connectivity index (χ3n) is 2.83. The molecule has 3 aromatic rings. The van der Waals surface area contributed by atoms with Crippen molar-refractivity contribution >= 4 is 44.6 Å².